The highest BCUT2D eigenvalue weighted by atomic mass is 16.1. The van der Waals surface area contributed by atoms with Gasteiger partial charge in [-0.15, -0.1) is 0 Å². The number of fused-ring (bicyclic) bond motifs is 2. The smallest absolute Gasteiger partial charge is 0.255 e. The van der Waals surface area contributed by atoms with Gasteiger partial charge in [0, 0.05) is 28.9 Å². The molecule has 9 nitrogen and oxygen atoms in total. The molecule has 0 atom stereocenters. The first kappa shape index (κ1) is 18.8. The number of aromatic nitrogens is 7. The quantitative estimate of drug-likeness (QED) is 0.383. The molecule has 0 aliphatic rings. The van der Waals surface area contributed by atoms with Gasteiger partial charge < -0.3 is 10.3 Å². The summed E-state index contributed by atoms with van der Waals surface area (Å²) in [5.74, 6) is 0.419. The number of nitrogens with zero attached hydrogens (tertiary/aromatic N) is 5. The summed E-state index contributed by atoms with van der Waals surface area (Å²) >= 11 is 0. The number of carbonyl (C=O) groups is 1. The van der Waals surface area contributed by atoms with Crippen LogP contribution in [0.25, 0.3) is 44.8 Å². The first-order valence-electron chi connectivity index (χ1n) is 10.2. The summed E-state index contributed by atoms with van der Waals surface area (Å²) in [5.41, 5.74) is 5.54. The van der Waals surface area contributed by atoms with E-state index < -0.39 is 0 Å². The molecule has 0 saturated carbocycles. The predicted molar refractivity (Wildman–Crippen MR) is 124 cm³/mol. The third-order valence-corrected chi connectivity index (χ3v) is 5.26. The van der Waals surface area contributed by atoms with Gasteiger partial charge in [0.2, 0.25) is 0 Å². The number of carbonyl (C=O) groups excluding carboxylic acids is 1. The number of rotatable bonds is 4. The van der Waals surface area contributed by atoms with E-state index in [0.29, 0.717) is 34.1 Å². The fourth-order valence-electron chi connectivity index (χ4n) is 3.65. The van der Waals surface area contributed by atoms with E-state index in [4.69, 9.17) is 0 Å². The molecule has 3 N–H and O–H groups in total. The average Bonchev–Trinajstić information content (AvgIpc) is 3.48. The van der Waals surface area contributed by atoms with Crippen molar-refractivity contribution in [1.82, 2.24) is 35.1 Å². The first-order valence-corrected chi connectivity index (χ1v) is 10.2. The van der Waals surface area contributed by atoms with Crippen molar-refractivity contribution >= 4 is 33.7 Å². The maximum Gasteiger partial charge on any atom is 0.255 e. The highest BCUT2D eigenvalue weighted by molar-refractivity contribution is 6.04. The van der Waals surface area contributed by atoms with Crippen LogP contribution in [0.1, 0.15) is 10.4 Å². The SMILES string of the molecule is O=C(Nc1cncc(-c2cc3c(-c4nc5ncccc5[nH]4)n[nH]c3cn2)c1)c1ccccc1. The fraction of sp³-hybridized carbons (Fsp3) is 0. The van der Waals surface area contributed by atoms with E-state index in [0.717, 1.165) is 22.0 Å². The molecular formula is C24H16N8O. The van der Waals surface area contributed by atoms with Crippen LogP contribution in [0.3, 0.4) is 0 Å². The van der Waals surface area contributed by atoms with Crippen LogP contribution in [0.15, 0.2) is 79.4 Å². The van der Waals surface area contributed by atoms with Gasteiger partial charge in [-0.2, -0.15) is 5.10 Å². The third kappa shape index (κ3) is 3.47. The third-order valence-electron chi connectivity index (χ3n) is 5.26. The van der Waals surface area contributed by atoms with Gasteiger partial charge in [0.1, 0.15) is 5.69 Å². The summed E-state index contributed by atoms with van der Waals surface area (Å²) in [6.07, 6.45) is 6.73. The Bertz CT molecular complexity index is 1590. The molecule has 5 heterocycles. The minimum absolute atomic E-state index is 0.200. The zero-order valence-corrected chi connectivity index (χ0v) is 17.1. The van der Waals surface area contributed by atoms with Crippen molar-refractivity contribution in [2.24, 2.45) is 0 Å². The maximum absolute atomic E-state index is 12.5. The summed E-state index contributed by atoms with van der Waals surface area (Å²) in [5, 5.41) is 11.2. The molecule has 0 radical (unpaired) electrons. The minimum atomic E-state index is -0.200. The molecule has 0 aliphatic heterocycles. The summed E-state index contributed by atoms with van der Waals surface area (Å²) in [7, 11) is 0. The van der Waals surface area contributed by atoms with Crippen molar-refractivity contribution in [3.05, 3.63) is 84.9 Å². The lowest BCUT2D eigenvalue weighted by Gasteiger charge is -2.07. The lowest BCUT2D eigenvalue weighted by molar-refractivity contribution is 0.102. The topological polar surface area (TPSA) is 125 Å². The van der Waals surface area contributed by atoms with E-state index in [2.05, 4.69) is 40.4 Å². The molecule has 0 spiro atoms. The molecule has 5 aromatic heterocycles. The van der Waals surface area contributed by atoms with Crippen molar-refractivity contribution in [3.8, 4) is 22.8 Å². The Morgan fingerprint density at radius 2 is 1.82 bits per heavy atom. The van der Waals surface area contributed by atoms with Gasteiger partial charge in [0.25, 0.3) is 5.91 Å². The van der Waals surface area contributed by atoms with Crippen LogP contribution in [0.5, 0.6) is 0 Å². The number of H-pyrrole nitrogens is 2. The lowest BCUT2D eigenvalue weighted by Crippen LogP contribution is -2.11. The van der Waals surface area contributed by atoms with E-state index in [9.17, 15) is 4.79 Å². The van der Waals surface area contributed by atoms with Crippen LogP contribution in [0, 0.1) is 0 Å². The zero-order chi connectivity index (χ0) is 22.2. The van der Waals surface area contributed by atoms with Gasteiger partial charge >= 0.3 is 0 Å². The Kier molecular flexibility index (Phi) is 4.36. The number of aromatic amines is 2. The van der Waals surface area contributed by atoms with Crippen LogP contribution in [-0.2, 0) is 0 Å². The summed E-state index contributed by atoms with van der Waals surface area (Å²) < 4.78 is 0. The molecule has 6 rings (SSSR count). The van der Waals surface area contributed by atoms with Crippen molar-refractivity contribution in [3.63, 3.8) is 0 Å². The number of benzene rings is 1. The molecule has 158 valence electrons. The second-order valence-electron chi connectivity index (χ2n) is 7.43. The van der Waals surface area contributed by atoms with Crippen LogP contribution < -0.4 is 5.32 Å². The molecule has 0 unspecified atom stereocenters. The molecule has 0 saturated heterocycles. The normalized spacial score (nSPS) is 11.2. The lowest BCUT2D eigenvalue weighted by atomic mass is 10.1. The average molecular weight is 432 g/mol. The van der Waals surface area contributed by atoms with Crippen LogP contribution in [0.4, 0.5) is 5.69 Å². The minimum Gasteiger partial charge on any atom is -0.335 e. The fourth-order valence-corrected chi connectivity index (χ4v) is 3.65. The van der Waals surface area contributed by atoms with Gasteiger partial charge in [-0.3, -0.25) is 19.9 Å². The van der Waals surface area contributed by atoms with E-state index in [1.54, 1.807) is 36.9 Å². The Morgan fingerprint density at radius 1 is 0.909 bits per heavy atom. The number of amides is 1. The van der Waals surface area contributed by atoms with Crippen LogP contribution in [-0.4, -0.2) is 41.0 Å². The largest absolute Gasteiger partial charge is 0.335 e. The Morgan fingerprint density at radius 3 is 2.70 bits per heavy atom. The van der Waals surface area contributed by atoms with E-state index in [-0.39, 0.29) is 5.91 Å². The van der Waals surface area contributed by atoms with Gasteiger partial charge in [-0.25, -0.2) is 9.97 Å². The molecule has 33 heavy (non-hydrogen) atoms. The van der Waals surface area contributed by atoms with Crippen LogP contribution >= 0.6 is 0 Å². The molecule has 0 bridgehead atoms. The first-order chi connectivity index (χ1) is 16.2. The molecule has 1 amide bonds. The zero-order valence-electron chi connectivity index (χ0n) is 17.1. The standard InChI is InChI=1S/C24H16N8O/c33-24(14-5-2-1-3-6-14)28-16-9-15(11-25-12-16)19-10-17-20(13-27-19)31-32-21(17)23-29-18-7-4-8-26-22(18)30-23/h1-13H,(H,28,33)(H,31,32)(H,26,29,30). The molecule has 9 heteroatoms. The Hall–Kier alpha value is -4.92. The number of nitrogens with one attached hydrogen (secondary N) is 3. The molecule has 6 aromatic rings. The number of anilines is 1. The summed E-state index contributed by atoms with van der Waals surface area (Å²) in [6, 6.07) is 16.6. The van der Waals surface area contributed by atoms with Crippen LogP contribution in [0.2, 0.25) is 0 Å². The molecular weight excluding hydrogens is 416 g/mol. The highest BCUT2D eigenvalue weighted by Gasteiger charge is 2.15. The molecule has 0 aliphatic carbocycles. The number of pyridine rings is 3. The monoisotopic (exact) mass is 432 g/mol. The van der Waals surface area contributed by atoms with Gasteiger partial charge in [0.05, 0.1) is 34.8 Å². The van der Waals surface area contributed by atoms with Gasteiger partial charge in [-0.05, 0) is 36.4 Å². The van der Waals surface area contributed by atoms with Crippen molar-refractivity contribution in [2.75, 3.05) is 5.32 Å². The van der Waals surface area contributed by atoms with Crippen molar-refractivity contribution in [2.45, 2.75) is 0 Å². The maximum atomic E-state index is 12.5. The molecule has 0 fully saturated rings. The van der Waals surface area contributed by atoms with Crippen molar-refractivity contribution < 1.29 is 4.79 Å². The number of hydrogen-bond donors (Lipinski definition) is 3. The number of hydrogen-bond acceptors (Lipinski definition) is 6. The number of imidazole rings is 1. The molecule has 1 aromatic carbocycles. The summed E-state index contributed by atoms with van der Waals surface area (Å²) in [4.78, 5) is 33.4. The van der Waals surface area contributed by atoms with Gasteiger partial charge in [0.15, 0.2) is 11.5 Å². The highest BCUT2D eigenvalue weighted by Crippen LogP contribution is 2.29. The predicted octanol–water partition coefficient (Wildman–Crippen LogP) is 4.21. The summed E-state index contributed by atoms with van der Waals surface area (Å²) in [6.45, 7) is 0. The van der Waals surface area contributed by atoms with Gasteiger partial charge in [-0.1, -0.05) is 18.2 Å². The Balaban J connectivity index is 1.36. The van der Waals surface area contributed by atoms with E-state index in [1.807, 2.05) is 42.5 Å². The van der Waals surface area contributed by atoms with Crippen molar-refractivity contribution in [1.29, 1.82) is 0 Å². The van der Waals surface area contributed by atoms with E-state index in [1.165, 1.54) is 0 Å². The Labute approximate surface area is 187 Å². The second-order valence-corrected chi connectivity index (χ2v) is 7.43. The van der Waals surface area contributed by atoms with E-state index >= 15 is 0 Å². The second kappa shape index (κ2) is 7.65.